The Morgan fingerprint density at radius 3 is 1.80 bits per heavy atom. The van der Waals surface area contributed by atoms with Crippen LogP contribution in [0.25, 0.3) is 0 Å². The van der Waals surface area contributed by atoms with Crippen molar-refractivity contribution in [3.8, 4) is 5.75 Å². The van der Waals surface area contributed by atoms with Crippen LogP contribution in [-0.4, -0.2) is 19.0 Å². The molecule has 1 aromatic carbocycles. The summed E-state index contributed by atoms with van der Waals surface area (Å²) in [5.74, 6) is 1.14. The number of allylic oxidation sites excluding steroid dienone is 5. The molecule has 0 saturated carbocycles. The first-order valence-corrected chi connectivity index (χ1v) is 7.20. The number of halogens is 4. The largest absolute Gasteiger partial charge is 0.440 e. The Balaban J connectivity index is 2.52. The normalized spacial score (nSPS) is 15.0. The summed E-state index contributed by atoms with van der Waals surface area (Å²) < 4.78 is 5.85. The maximum Gasteiger partial charge on any atom is 0.205 e. The number of nitrogens with zero attached hydrogens (tertiary/aromatic N) is 1. The van der Waals surface area contributed by atoms with E-state index in [1.807, 2.05) is 44.4 Å². The second-order valence-electron chi connectivity index (χ2n) is 4.25. The van der Waals surface area contributed by atoms with Crippen LogP contribution in [-0.2, 0) is 0 Å². The molecule has 0 aliphatic heterocycles. The average Bonchev–Trinajstić information content (AvgIpc) is 2.62. The van der Waals surface area contributed by atoms with E-state index in [9.17, 15) is 0 Å². The van der Waals surface area contributed by atoms with Crippen LogP contribution in [0.2, 0.25) is 0 Å². The summed E-state index contributed by atoms with van der Waals surface area (Å²) in [7, 11) is 3.64. The summed E-state index contributed by atoms with van der Waals surface area (Å²) in [6.45, 7) is 0. The highest BCUT2D eigenvalue weighted by Crippen LogP contribution is 2.46. The highest BCUT2D eigenvalue weighted by Gasteiger charge is 2.30. The van der Waals surface area contributed by atoms with Gasteiger partial charge in [-0.25, -0.2) is 0 Å². The maximum absolute atomic E-state index is 6.20. The van der Waals surface area contributed by atoms with Crippen molar-refractivity contribution >= 4 is 46.4 Å². The number of benzene rings is 1. The Bertz CT molecular complexity index is 591. The molecule has 0 atom stereocenters. The van der Waals surface area contributed by atoms with E-state index in [2.05, 4.69) is 0 Å². The van der Waals surface area contributed by atoms with Gasteiger partial charge < -0.3 is 9.64 Å². The summed E-state index contributed by atoms with van der Waals surface area (Å²) in [6.07, 6.45) is 0. The van der Waals surface area contributed by atoms with Crippen LogP contribution in [0.15, 0.2) is 61.9 Å². The molecule has 20 heavy (non-hydrogen) atoms. The second-order valence-corrected chi connectivity index (χ2v) is 5.76. The van der Waals surface area contributed by atoms with E-state index in [1.165, 1.54) is 0 Å². The fourth-order valence-electron chi connectivity index (χ4n) is 1.66. The third kappa shape index (κ3) is 2.94. The van der Waals surface area contributed by atoms with E-state index in [0.717, 1.165) is 0 Å². The minimum absolute atomic E-state index is 0.226. The zero-order valence-corrected chi connectivity index (χ0v) is 13.8. The van der Waals surface area contributed by atoms with Crippen molar-refractivity contribution in [2.24, 2.45) is 0 Å². The molecule has 0 bridgehead atoms. The molecule has 106 valence electrons. The fraction of sp³-hybridized carbons (Fsp3) is 0.143. The first kappa shape index (κ1) is 15.6. The lowest BCUT2D eigenvalue weighted by Crippen LogP contribution is -2.19. The zero-order chi connectivity index (χ0) is 14.9. The van der Waals surface area contributed by atoms with Gasteiger partial charge in [-0.15, -0.1) is 0 Å². The van der Waals surface area contributed by atoms with Gasteiger partial charge in [0.15, 0.2) is 0 Å². The van der Waals surface area contributed by atoms with E-state index in [4.69, 9.17) is 51.1 Å². The van der Waals surface area contributed by atoms with E-state index >= 15 is 0 Å². The summed E-state index contributed by atoms with van der Waals surface area (Å²) in [5, 5.41) is 1.01. The molecular formula is C14H11Cl4NO. The van der Waals surface area contributed by atoms with Crippen molar-refractivity contribution in [1.82, 2.24) is 4.90 Å². The summed E-state index contributed by atoms with van der Waals surface area (Å²) in [5.41, 5.74) is 0.484. The van der Waals surface area contributed by atoms with Crippen LogP contribution in [0.4, 0.5) is 0 Å². The molecule has 1 aliphatic rings. The highest BCUT2D eigenvalue weighted by atomic mass is 35.5. The molecule has 0 saturated heterocycles. The fourth-order valence-corrected chi connectivity index (χ4v) is 2.73. The van der Waals surface area contributed by atoms with Gasteiger partial charge in [-0.05, 0) is 12.1 Å². The van der Waals surface area contributed by atoms with Gasteiger partial charge in [-0.1, -0.05) is 64.6 Å². The lowest BCUT2D eigenvalue weighted by molar-refractivity contribution is 0.278. The lowest BCUT2D eigenvalue weighted by Gasteiger charge is -2.20. The number of hydrogen-bond donors (Lipinski definition) is 0. The molecule has 1 aliphatic carbocycles. The Labute approximate surface area is 137 Å². The van der Waals surface area contributed by atoms with Crippen LogP contribution in [0, 0.1) is 0 Å². The van der Waals surface area contributed by atoms with Gasteiger partial charge in [0, 0.05) is 14.1 Å². The van der Waals surface area contributed by atoms with Crippen molar-refractivity contribution in [2.75, 3.05) is 14.1 Å². The van der Waals surface area contributed by atoms with E-state index in [0.29, 0.717) is 17.2 Å². The van der Waals surface area contributed by atoms with Gasteiger partial charge in [0.1, 0.15) is 5.75 Å². The van der Waals surface area contributed by atoms with Crippen molar-refractivity contribution in [3.05, 3.63) is 61.9 Å². The average molecular weight is 351 g/mol. The smallest absolute Gasteiger partial charge is 0.205 e. The summed E-state index contributed by atoms with van der Waals surface area (Å²) in [4.78, 5) is 1.76. The molecular weight excluding hydrogens is 340 g/mol. The number of hydrogen-bond acceptors (Lipinski definition) is 2. The number of rotatable bonds is 3. The molecule has 0 spiro atoms. The van der Waals surface area contributed by atoms with Crippen molar-refractivity contribution in [1.29, 1.82) is 0 Å². The number of para-hydroxylation sites is 1. The second kappa shape index (κ2) is 6.31. The van der Waals surface area contributed by atoms with Crippen molar-refractivity contribution < 1.29 is 4.74 Å². The lowest BCUT2D eigenvalue weighted by atomic mass is 10.3. The van der Waals surface area contributed by atoms with Gasteiger partial charge in [0.25, 0.3) is 0 Å². The summed E-state index contributed by atoms with van der Waals surface area (Å²) in [6, 6.07) is 9.31. The van der Waals surface area contributed by atoms with E-state index in [-0.39, 0.29) is 20.1 Å². The Kier molecular flexibility index (Phi) is 4.92. The highest BCUT2D eigenvalue weighted by molar-refractivity contribution is 6.55. The van der Waals surface area contributed by atoms with Crippen LogP contribution >= 0.6 is 46.4 Å². The monoisotopic (exact) mass is 349 g/mol. The van der Waals surface area contributed by atoms with Crippen molar-refractivity contribution in [2.45, 2.75) is 0 Å². The SMILES string of the molecule is CN(C)C(Oc1ccccc1)=C1C(Cl)=C(Cl)C(Cl)=C1Cl. The molecule has 0 radical (unpaired) electrons. The minimum Gasteiger partial charge on any atom is -0.440 e. The molecule has 0 fully saturated rings. The minimum atomic E-state index is 0.226. The molecule has 0 amide bonds. The van der Waals surface area contributed by atoms with Gasteiger partial charge in [-0.2, -0.15) is 0 Å². The first-order valence-electron chi connectivity index (χ1n) is 5.69. The predicted octanol–water partition coefficient (Wildman–Crippen LogP) is 5.23. The maximum atomic E-state index is 6.20. The van der Waals surface area contributed by atoms with Crippen LogP contribution in [0.5, 0.6) is 5.75 Å². The molecule has 0 unspecified atom stereocenters. The predicted molar refractivity (Wildman–Crippen MR) is 85.2 cm³/mol. The Morgan fingerprint density at radius 1 is 0.850 bits per heavy atom. The van der Waals surface area contributed by atoms with Gasteiger partial charge >= 0.3 is 0 Å². The molecule has 2 rings (SSSR count). The van der Waals surface area contributed by atoms with E-state index < -0.39 is 0 Å². The molecule has 0 N–H and O–H groups in total. The Morgan fingerprint density at radius 2 is 1.35 bits per heavy atom. The van der Waals surface area contributed by atoms with Crippen LogP contribution in [0.1, 0.15) is 0 Å². The molecule has 0 heterocycles. The number of ether oxygens (including phenoxy) is 1. The quantitative estimate of drug-likeness (QED) is 0.692. The van der Waals surface area contributed by atoms with Gasteiger partial charge in [0.2, 0.25) is 5.88 Å². The van der Waals surface area contributed by atoms with Crippen molar-refractivity contribution in [3.63, 3.8) is 0 Å². The molecule has 0 aromatic heterocycles. The zero-order valence-electron chi connectivity index (χ0n) is 10.8. The third-order valence-electron chi connectivity index (χ3n) is 2.59. The molecule has 2 nitrogen and oxygen atoms in total. The topological polar surface area (TPSA) is 12.5 Å². The standard InChI is InChI=1S/C14H11Cl4NO/c1-19(2)14(20-8-6-4-3-5-7-8)9-10(15)12(17)13(18)11(9)16/h3-7H,1-2H3. The molecule has 1 aromatic rings. The molecule has 6 heteroatoms. The van der Waals surface area contributed by atoms with Crippen LogP contribution in [0.3, 0.4) is 0 Å². The first-order chi connectivity index (χ1) is 9.43. The van der Waals surface area contributed by atoms with Crippen LogP contribution < -0.4 is 4.74 Å². The van der Waals surface area contributed by atoms with E-state index in [1.54, 1.807) is 4.90 Å². The Hall–Kier alpha value is -0.800. The van der Waals surface area contributed by atoms with Gasteiger partial charge in [0.05, 0.1) is 25.7 Å². The third-order valence-corrected chi connectivity index (χ3v) is 4.40. The van der Waals surface area contributed by atoms with Gasteiger partial charge in [-0.3, -0.25) is 0 Å². The summed E-state index contributed by atoms with van der Waals surface area (Å²) >= 11 is 24.4.